The van der Waals surface area contributed by atoms with Crippen LogP contribution in [0.2, 0.25) is 0 Å². The van der Waals surface area contributed by atoms with Gasteiger partial charge in [0.05, 0.1) is 11.3 Å². The first-order chi connectivity index (χ1) is 8.52. The van der Waals surface area contributed by atoms with Crippen molar-refractivity contribution in [1.29, 1.82) is 0 Å². The van der Waals surface area contributed by atoms with Gasteiger partial charge in [0.25, 0.3) is 0 Å². The highest BCUT2D eigenvalue weighted by molar-refractivity contribution is 5.69. The minimum absolute atomic E-state index is 0.0739. The van der Waals surface area contributed by atoms with Crippen LogP contribution in [-0.2, 0) is 6.18 Å². The number of alkyl halides is 3. The number of allylic oxidation sites excluding steroid dienone is 2. The van der Waals surface area contributed by atoms with Crippen LogP contribution in [0.3, 0.4) is 0 Å². The SMILES string of the molecule is NNC1=CC=C(c2ccccc2C(F)(F)F)NN1. The van der Waals surface area contributed by atoms with Crippen molar-refractivity contribution in [3.05, 3.63) is 53.4 Å². The molecule has 0 amide bonds. The van der Waals surface area contributed by atoms with Crippen molar-refractivity contribution < 1.29 is 13.2 Å². The molecule has 0 fully saturated rings. The van der Waals surface area contributed by atoms with E-state index < -0.39 is 11.7 Å². The molecule has 0 atom stereocenters. The molecule has 0 unspecified atom stereocenters. The second kappa shape index (κ2) is 4.61. The molecule has 0 spiro atoms. The van der Waals surface area contributed by atoms with E-state index >= 15 is 0 Å². The molecule has 18 heavy (non-hydrogen) atoms. The minimum Gasteiger partial charge on any atom is -0.309 e. The normalized spacial score (nSPS) is 15.1. The summed E-state index contributed by atoms with van der Waals surface area (Å²) in [7, 11) is 0. The lowest BCUT2D eigenvalue weighted by Gasteiger charge is -2.21. The maximum absolute atomic E-state index is 12.8. The standard InChI is InChI=1S/C11H11F3N4/c12-11(13,14)8-4-2-1-3-7(8)9-5-6-10(16-15)18-17-9/h1-6,16-18H,15H2. The first kappa shape index (κ1) is 12.3. The van der Waals surface area contributed by atoms with E-state index in [-0.39, 0.29) is 5.56 Å². The summed E-state index contributed by atoms with van der Waals surface area (Å²) in [6.07, 6.45) is -1.34. The summed E-state index contributed by atoms with van der Waals surface area (Å²) >= 11 is 0. The third-order valence-corrected chi connectivity index (χ3v) is 2.43. The van der Waals surface area contributed by atoms with Crippen molar-refractivity contribution in [2.24, 2.45) is 5.84 Å². The molecule has 1 aliphatic rings. The lowest BCUT2D eigenvalue weighted by Crippen LogP contribution is -2.40. The number of nitrogens with one attached hydrogen (secondary N) is 3. The van der Waals surface area contributed by atoms with Crippen LogP contribution in [0.5, 0.6) is 0 Å². The molecule has 0 radical (unpaired) electrons. The quantitative estimate of drug-likeness (QED) is 0.478. The number of halogens is 3. The van der Waals surface area contributed by atoms with Gasteiger partial charge < -0.3 is 5.43 Å². The third-order valence-electron chi connectivity index (χ3n) is 2.43. The van der Waals surface area contributed by atoms with Crippen LogP contribution in [-0.4, -0.2) is 0 Å². The van der Waals surface area contributed by atoms with Gasteiger partial charge >= 0.3 is 6.18 Å². The van der Waals surface area contributed by atoms with Gasteiger partial charge in [-0.05, 0) is 18.2 Å². The van der Waals surface area contributed by atoms with E-state index in [4.69, 9.17) is 5.84 Å². The molecular weight excluding hydrogens is 245 g/mol. The van der Waals surface area contributed by atoms with Gasteiger partial charge in [-0.25, -0.2) is 5.84 Å². The van der Waals surface area contributed by atoms with E-state index in [1.165, 1.54) is 18.2 Å². The fourth-order valence-corrected chi connectivity index (χ4v) is 1.59. The smallest absolute Gasteiger partial charge is 0.309 e. The van der Waals surface area contributed by atoms with Gasteiger partial charge in [-0.3, -0.25) is 10.9 Å². The van der Waals surface area contributed by atoms with Crippen molar-refractivity contribution in [1.82, 2.24) is 16.3 Å². The fraction of sp³-hybridized carbons (Fsp3) is 0.0909. The first-order valence-electron chi connectivity index (χ1n) is 5.09. The van der Waals surface area contributed by atoms with E-state index in [9.17, 15) is 13.2 Å². The lowest BCUT2D eigenvalue weighted by molar-refractivity contribution is -0.137. The Morgan fingerprint density at radius 1 is 1.06 bits per heavy atom. The molecule has 0 aromatic heterocycles. The Balaban J connectivity index is 2.41. The van der Waals surface area contributed by atoms with E-state index in [0.717, 1.165) is 6.07 Å². The number of rotatable bonds is 2. The van der Waals surface area contributed by atoms with Crippen molar-refractivity contribution >= 4 is 5.70 Å². The van der Waals surface area contributed by atoms with Crippen molar-refractivity contribution in [3.63, 3.8) is 0 Å². The Labute approximate surface area is 101 Å². The molecule has 4 nitrogen and oxygen atoms in total. The van der Waals surface area contributed by atoms with Crippen LogP contribution in [0.4, 0.5) is 13.2 Å². The molecule has 1 aromatic rings. The molecule has 0 aliphatic carbocycles. The summed E-state index contributed by atoms with van der Waals surface area (Å²) in [4.78, 5) is 0. The van der Waals surface area contributed by atoms with Gasteiger partial charge in [0.15, 0.2) is 0 Å². The summed E-state index contributed by atoms with van der Waals surface area (Å²) < 4.78 is 38.5. The summed E-state index contributed by atoms with van der Waals surface area (Å²) in [6.45, 7) is 0. The topological polar surface area (TPSA) is 62.1 Å². The maximum atomic E-state index is 12.8. The Hall–Kier alpha value is -2.15. The van der Waals surface area contributed by atoms with Crippen molar-refractivity contribution in [3.8, 4) is 0 Å². The summed E-state index contributed by atoms with van der Waals surface area (Å²) in [5.74, 6) is 5.62. The molecule has 0 saturated carbocycles. The molecule has 96 valence electrons. The van der Waals surface area contributed by atoms with Crippen LogP contribution in [0, 0.1) is 0 Å². The molecule has 2 rings (SSSR count). The van der Waals surface area contributed by atoms with E-state index in [0.29, 0.717) is 11.5 Å². The zero-order valence-electron chi connectivity index (χ0n) is 9.18. The van der Waals surface area contributed by atoms with Crippen molar-refractivity contribution in [2.45, 2.75) is 6.18 Å². The fourth-order valence-electron chi connectivity index (χ4n) is 1.59. The average Bonchev–Trinajstić information content (AvgIpc) is 2.38. The monoisotopic (exact) mass is 256 g/mol. The minimum atomic E-state index is -4.39. The van der Waals surface area contributed by atoms with Crippen molar-refractivity contribution in [2.75, 3.05) is 0 Å². The molecule has 1 aliphatic heterocycles. The van der Waals surface area contributed by atoms with Gasteiger partial charge in [-0.15, -0.1) is 0 Å². The Bertz CT molecular complexity index is 505. The lowest BCUT2D eigenvalue weighted by atomic mass is 10.0. The highest BCUT2D eigenvalue weighted by atomic mass is 19.4. The van der Waals surface area contributed by atoms with Gasteiger partial charge in [-0.1, -0.05) is 18.2 Å². The number of nitrogens with two attached hydrogens (primary N) is 1. The highest BCUT2D eigenvalue weighted by Gasteiger charge is 2.33. The Morgan fingerprint density at radius 2 is 1.78 bits per heavy atom. The summed E-state index contributed by atoms with van der Waals surface area (Å²) in [5.41, 5.74) is 7.33. The summed E-state index contributed by atoms with van der Waals surface area (Å²) in [5, 5.41) is 0. The van der Waals surface area contributed by atoms with Gasteiger partial charge in [0.2, 0.25) is 0 Å². The number of benzene rings is 1. The van der Waals surface area contributed by atoms with Gasteiger partial charge in [-0.2, -0.15) is 13.2 Å². The summed E-state index contributed by atoms with van der Waals surface area (Å²) in [6, 6.07) is 5.34. The Morgan fingerprint density at radius 3 is 2.33 bits per heavy atom. The number of hydrogen-bond acceptors (Lipinski definition) is 4. The molecule has 0 saturated heterocycles. The number of hydrazine groups is 2. The average molecular weight is 256 g/mol. The van der Waals surface area contributed by atoms with Crippen LogP contribution >= 0.6 is 0 Å². The molecule has 1 aromatic carbocycles. The van der Waals surface area contributed by atoms with E-state index in [2.05, 4.69) is 16.3 Å². The predicted molar refractivity (Wildman–Crippen MR) is 61.1 cm³/mol. The maximum Gasteiger partial charge on any atom is 0.417 e. The third kappa shape index (κ3) is 2.40. The predicted octanol–water partition coefficient (Wildman–Crippen LogP) is 1.46. The van der Waals surface area contributed by atoms with Crippen LogP contribution in [0.15, 0.2) is 42.2 Å². The Kier molecular flexibility index (Phi) is 3.15. The second-order valence-corrected chi connectivity index (χ2v) is 3.60. The first-order valence-corrected chi connectivity index (χ1v) is 5.09. The zero-order valence-corrected chi connectivity index (χ0v) is 9.18. The van der Waals surface area contributed by atoms with Crippen LogP contribution < -0.4 is 22.1 Å². The van der Waals surface area contributed by atoms with E-state index in [1.807, 2.05) is 0 Å². The largest absolute Gasteiger partial charge is 0.417 e. The molecule has 1 heterocycles. The second-order valence-electron chi connectivity index (χ2n) is 3.60. The van der Waals surface area contributed by atoms with E-state index in [1.54, 1.807) is 12.1 Å². The molecular formula is C11H11F3N4. The zero-order chi connectivity index (χ0) is 13.2. The highest BCUT2D eigenvalue weighted by Crippen LogP contribution is 2.34. The molecule has 7 heteroatoms. The molecule has 0 bridgehead atoms. The van der Waals surface area contributed by atoms with Crippen LogP contribution in [0.25, 0.3) is 5.70 Å². The molecule has 5 N–H and O–H groups in total. The van der Waals surface area contributed by atoms with Gasteiger partial charge in [0.1, 0.15) is 5.82 Å². The number of hydrogen-bond donors (Lipinski definition) is 4. The van der Waals surface area contributed by atoms with Crippen LogP contribution in [0.1, 0.15) is 11.1 Å². The van der Waals surface area contributed by atoms with Gasteiger partial charge in [0, 0.05) is 5.56 Å².